The molecular formula is C41H43N7O18S. The Morgan fingerprint density at radius 3 is 2.01 bits per heavy atom. The molecule has 2 aromatic heterocycles. The zero-order chi connectivity index (χ0) is 48.4. The van der Waals surface area contributed by atoms with Crippen molar-refractivity contribution in [3.63, 3.8) is 0 Å². The molecule has 0 aliphatic rings. The van der Waals surface area contributed by atoms with E-state index in [0.717, 1.165) is 5.56 Å². The number of sulfonamides is 1. The molecule has 25 nitrogen and oxygen atoms in total. The van der Waals surface area contributed by atoms with Gasteiger partial charge in [0, 0.05) is 12.4 Å². The molecule has 0 aliphatic heterocycles. The van der Waals surface area contributed by atoms with Crippen molar-refractivity contribution >= 4 is 28.2 Å². The normalized spacial score (nSPS) is 11.1. The van der Waals surface area contributed by atoms with Gasteiger partial charge in [-0.1, -0.05) is 57.2 Å². The molecule has 0 amide bonds. The lowest BCUT2D eigenvalue weighted by atomic mass is 9.87. The highest BCUT2D eigenvalue weighted by Crippen LogP contribution is 2.44. The SMILES string of the molecule is COc1ccccc1Oc1c(OCCOC(=O)Oc2ccc(CO[N+](=O)[O-])cc2)nc(-c2ncccn2)nc1N(COC(=O)OCCOCCO[N+](=O)[O-])S(=O)(=O)c1ccc(C(C)(C)C)cc1. The molecule has 0 spiro atoms. The fraction of sp³-hybridized carbons (Fsp3) is 0.317. The van der Waals surface area contributed by atoms with E-state index in [1.54, 1.807) is 30.3 Å². The molecule has 0 atom stereocenters. The molecule has 5 aromatic rings. The first-order valence-electron chi connectivity index (χ1n) is 19.7. The van der Waals surface area contributed by atoms with E-state index >= 15 is 0 Å². The lowest BCUT2D eigenvalue weighted by molar-refractivity contribution is -0.763. The number of benzene rings is 3. The van der Waals surface area contributed by atoms with Crippen LogP contribution >= 0.6 is 0 Å². The molecular weight excluding hydrogens is 911 g/mol. The van der Waals surface area contributed by atoms with Crippen LogP contribution in [-0.4, -0.2) is 104 Å². The minimum Gasteiger partial charge on any atom is -0.493 e. The molecule has 0 fully saturated rings. The molecule has 3 aromatic carbocycles. The number of rotatable bonds is 24. The molecule has 0 saturated carbocycles. The highest BCUT2D eigenvalue weighted by molar-refractivity contribution is 7.92. The van der Waals surface area contributed by atoms with Gasteiger partial charge in [0.1, 0.15) is 38.8 Å². The summed E-state index contributed by atoms with van der Waals surface area (Å²) in [5, 5.41) is 18.9. The second kappa shape index (κ2) is 23.7. The van der Waals surface area contributed by atoms with E-state index in [9.17, 15) is 38.2 Å². The number of carbonyl (C=O) groups is 2. The van der Waals surface area contributed by atoms with Crippen LogP contribution in [0.3, 0.4) is 0 Å². The summed E-state index contributed by atoms with van der Waals surface area (Å²) in [4.78, 5) is 72.1. The molecule has 0 saturated heterocycles. The van der Waals surface area contributed by atoms with Crippen molar-refractivity contribution in [1.82, 2.24) is 19.9 Å². The zero-order valence-corrected chi connectivity index (χ0v) is 37.0. The van der Waals surface area contributed by atoms with Crippen molar-refractivity contribution in [3.05, 3.63) is 123 Å². The summed E-state index contributed by atoms with van der Waals surface area (Å²) in [6, 6.07) is 19.4. The van der Waals surface area contributed by atoms with Crippen LogP contribution in [0.5, 0.6) is 28.9 Å². The summed E-state index contributed by atoms with van der Waals surface area (Å²) < 4.78 is 74.1. The molecule has 2 heterocycles. The number of hydrogen-bond donors (Lipinski definition) is 0. The molecule has 0 aliphatic carbocycles. The fourth-order valence-electron chi connectivity index (χ4n) is 5.38. The second-order valence-corrected chi connectivity index (χ2v) is 16.1. The summed E-state index contributed by atoms with van der Waals surface area (Å²) >= 11 is 0. The molecule has 5 rings (SSSR count). The monoisotopic (exact) mass is 953 g/mol. The highest BCUT2D eigenvalue weighted by atomic mass is 32.2. The van der Waals surface area contributed by atoms with Gasteiger partial charge in [0.15, 0.2) is 29.9 Å². The Hall–Kier alpha value is -8.13. The number of ether oxygens (including phenoxy) is 8. The lowest BCUT2D eigenvalue weighted by Gasteiger charge is -2.26. The van der Waals surface area contributed by atoms with Crippen LogP contribution in [0.15, 0.2) is 96.2 Å². The largest absolute Gasteiger partial charge is 0.513 e. The highest BCUT2D eigenvalue weighted by Gasteiger charge is 2.35. The van der Waals surface area contributed by atoms with Crippen LogP contribution < -0.4 is 23.3 Å². The van der Waals surface area contributed by atoms with Crippen LogP contribution in [0.1, 0.15) is 31.9 Å². The van der Waals surface area contributed by atoms with Crippen molar-refractivity contribution in [1.29, 1.82) is 0 Å². The third-order valence-corrected chi connectivity index (χ3v) is 10.3. The van der Waals surface area contributed by atoms with Crippen LogP contribution in [0.25, 0.3) is 11.6 Å². The average molecular weight is 954 g/mol. The van der Waals surface area contributed by atoms with Crippen molar-refractivity contribution in [2.24, 2.45) is 0 Å². The van der Waals surface area contributed by atoms with Gasteiger partial charge < -0.3 is 47.6 Å². The van der Waals surface area contributed by atoms with Crippen LogP contribution in [-0.2, 0) is 50.7 Å². The predicted molar refractivity (Wildman–Crippen MR) is 228 cm³/mol. The Labute approximate surface area is 381 Å². The molecule has 0 radical (unpaired) electrons. The molecule has 0 unspecified atom stereocenters. The van der Waals surface area contributed by atoms with E-state index in [2.05, 4.69) is 29.6 Å². The van der Waals surface area contributed by atoms with E-state index in [4.69, 9.17) is 37.9 Å². The van der Waals surface area contributed by atoms with Gasteiger partial charge in [0.25, 0.3) is 26.1 Å². The molecule has 0 bridgehead atoms. The van der Waals surface area contributed by atoms with Crippen molar-refractivity contribution in [2.45, 2.75) is 37.7 Å². The molecule has 0 N–H and O–H groups in total. The number of anilines is 1. The maximum Gasteiger partial charge on any atom is 0.513 e. The Kier molecular flexibility index (Phi) is 17.6. The quantitative estimate of drug-likeness (QED) is 0.0174. The summed E-state index contributed by atoms with van der Waals surface area (Å²) in [7, 11) is -3.42. The number of aromatic nitrogens is 4. The smallest absolute Gasteiger partial charge is 0.493 e. The summed E-state index contributed by atoms with van der Waals surface area (Å²) in [6.45, 7) is 2.31. The van der Waals surface area contributed by atoms with Gasteiger partial charge >= 0.3 is 12.3 Å². The molecule has 67 heavy (non-hydrogen) atoms. The molecule has 26 heteroatoms. The Balaban J connectivity index is 1.51. The fourth-order valence-corrected chi connectivity index (χ4v) is 6.66. The first-order chi connectivity index (χ1) is 32.0. The summed E-state index contributed by atoms with van der Waals surface area (Å²) in [5.74, 6) is -1.62. The van der Waals surface area contributed by atoms with Crippen molar-refractivity contribution < 1.29 is 75.8 Å². The first kappa shape index (κ1) is 49.9. The minimum atomic E-state index is -4.79. The van der Waals surface area contributed by atoms with Gasteiger partial charge in [-0.3, -0.25) is 0 Å². The van der Waals surface area contributed by atoms with E-state index in [-0.39, 0.29) is 65.6 Å². The van der Waals surface area contributed by atoms with Crippen LogP contribution in [0, 0.1) is 20.2 Å². The van der Waals surface area contributed by atoms with Crippen molar-refractivity contribution in [2.75, 3.05) is 57.8 Å². The number of carbonyl (C=O) groups excluding carboxylic acids is 2. The Morgan fingerprint density at radius 1 is 0.716 bits per heavy atom. The zero-order valence-electron chi connectivity index (χ0n) is 36.2. The molecule has 356 valence electrons. The van der Waals surface area contributed by atoms with E-state index in [0.29, 0.717) is 9.87 Å². The topological polar surface area (TPSA) is 302 Å². The summed E-state index contributed by atoms with van der Waals surface area (Å²) in [5.41, 5.74) is 0.873. The number of methoxy groups -OCH3 is 1. The third-order valence-electron chi connectivity index (χ3n) is 8.58. The van der Waals surface area contributed by atoms with Crippen LogP contribution in [0.4, 0.5) is 15.4 Å². The predicted octanol–water partition coefficient (Wildman–Crippen LogP) is 5.87. The van der Waals surface area contributed by atoms with E-state index in [1.165, 1.54) is 68.0 Å². The number of para-hydroxylation sites is 2. The van der Waals surface area contributed by atoms with Crippen molar-refractivity contribution in [3.8, 4) is 40.5 Å². The van der Waals surface area contributed by atoms with Gasteiger partial charge in [-0.25, -0.2) is 37.3 Å². The number of nitrogens with zero attached hydrogens (tertiary/aromatic N) is 7. The second-order valence-electron chi connectivity index (χ2n) is 14.2. The van der Waals surface area contributed by atoms with Gasteiger partial charge in [-0.05, 0) is 59.0 Å². The number of hydrogen-bond acceptors (Lipinski definition) is 22. The third kappa shape index (κ3) is 15.0. The lowest BCUT2D eigenvalue weighted by Crippen LogP contribution is -2.36. The summed E-state index contributed by atoms with van der Waals surface area (Å²) in [6.07, 6.45) is 0.255. The average Bonchev–Trinajstić information content (AvgIpc) is 3.30. The minimum absolute atomic E-state index is 0.0232. The maximum absolute atomic E-state index is 14.9. The van der Waals surface area contributed by atoms with Gasteiger partial charge in [-0.15, -0.1) is 20.2 Å². The maximum atomic E-state index is 14.9. The van der Waals surface area contributed by atoms with Gasteiger partial charge in [0.2, 0.25) is 11.6 Å². The van der Waals surface area contributed by atoms with Gasteiger partial charge in [-0.2, -0.15) is 4.98 Å². The Bertz CT molecular complexity index is 2570. The Morgan fingerprint density at radius 2 is 1.36 bits per heavy atom. The standard InChI is InChI=1S/C41H43N7O18S/c1-41(2,3)29-12-16-31(17-13-29)67(55,56)46(27-62-39(49)60-22-20-58-21-25-63-47(51)52)37-34(66-33-9-6-5-8-32(33)57-4)38(45-36(44-37)35-42-18-7-19-43-35)59-23-24-61-40(50)65-30-14-10-28(11-15-30)26-64-48(53)54/h5-19H,20-27H2,1-4H3. The first-order valence-corrected chi connectivity index (χ1v) is 21.1. The van der Waals surface area contributed by atoms with Crippen LogP contribution in [0.2, 0.25) is 0 Å². The van der Waals surface area contributed by atoms with Gasteiger partial charge in [0.05, 0.1) is 25.2 Å². The van der Waals surface area contributed by atoms with E-state index < -0.39 is 76.5 Å². The van der Waals surface area contributed by atoms with E-state index in [1.807, 2.05) is 20.8 Å².